The van der Waals surface area contributed by atoms with Crippen LogP contribution in [0.15, 0.2) is 48.7 Å². The van der Waals surface area contributed by atoms with Crippen LogP contribution in [0, 0.1) is 0 Å². The minimum absolute atomic E-state index is 0.619. The van der Waals surface area contributed by atoms with E-state index < -0.39 is 0 Å². The molecule has 2 aromatic rings. The van der Waals surface area contributed by atoms with Gasteiger partial charge >= 0.3 is 0 Å². The molecule has 4 nitrogen and oxygen atoms in total. The van der Waals surface area contributed by atoms with Crippen molar-refractivity contribution in [3.63, 3.8) is 0 Å². The first-order valence-corrected chi connectivity index (χ1v) is 6.44. The summed E-state index contributed by atoms with van der Waals surface area (Å²) < 4.78 is 5.69. The quantitative estimate of drug-likeness (QED) is 0.808. The number of nitrogens with two attached hydrogens (primary N) is 1. The molecule has 0 spiro atoms. The molecule has 0 aliphatic carbocycles. The summed E-state index contributed by atoms with van der Waals surface area (Å²) in [4.78, 5) is 6.52. The molecule has 19 heavy (non-hydrogen) atoms. The molecule has 1 heterocycles. The zero-order valence-electron chi connectivity index (χ0n) is 11.1. The lowest BCUT2D eigenvalue weighted by molar-refractivity contribution is 0.324. The molecule has 0 aliphatic heterocycles. The maximum Gasteiger partial charge on any atom is 0.128 e. The number of hydrogen-bond acceptors (Lipinski definition) is 4. The number of likely N-dealkylation sites (N-methyl/N-ethyl adjacent to an activating group) is 1. The summed E-state index contributed by atoms with van der Waals surface area (Å²) in [6.45, 7) is 4.44. The molecule has 100 valence electrons. The molecular formula is C15H19N3O. The second-order valence-electron chi connectivity index (χ2n) is 4.19. The summed E-state index contributed by atoms with van der Waals surface area (Å²) >= 11 is 0. The molecule has 4 heteroatoms. The first-order chi connectivity index (χ1) is 9.29. The topological polar surface area (TPSA) is 51.4 Å². The molecule has 2 N–H and O–H groups in total. The second-order valence-corrected chi connectivity index (χ2v) is 4.19. The average Bonchev–Trinajstić information content (AvgIpc) is 2.46. The van der Waals surface area contributed by atoms with Gasteiger partial charge in [0.2, 0.25) is 0 Å². The molecule has 0 bridgehead atoms. The number of hydrogen-bond donors (Lipinski definition) is 1. The highest BCUT2D eigenvalue weighted by molar-refractivity contribution is 5.41. The molecule has 1 aromatic carbocycles. The highest BCUT2D eigenvalue weighted by atomic mass is 16.5. The van der Waals surface area contributed by atoms with Crippen molar-refractivity contribution in [2.45, 2.75) is 6.92 Å². The summed E-state index contributed by atoms with van der Waals surface area (Å²) in [5, 5.41) is 0. The summed E-state index contributed by atoms with van der Waals surface area (Å²) in [7, 11) is 0. The van der Waals surface area contributed by atoms with E-state index in [1.54, 1.807) is 6.20 Å². The highest BCUT2D eigenvalue weighted by Gasteiger charge is 2.04. The van der Waals surface area contributed by atoms with E-state index in [0.717, 1.165) is 30.3 Å². The fraction of sp³-hybridized carbons (Fsp3) is 0.267. The number of nitrogens with zero attached hydrogens (tertiary/aromatic N) is 2. The van der Waals surface area contributed by atoms with Crippen LogP contribution in [0.5, 0.6) is 5.75 Å². The van der Waals surface area contributed by atoms with Gasteiger partial charge in [0, 0.05) is 18.4 Å². The van der Waals surface area contributed by atoms with Gasteiger partial charge in [0.25, 0.3) is 0 Å². The lowest BCUT2D eigenvalue weighted by atomic mass is 10.3. The van der Waals surface area contributed by atoms with Crippen molar-refractivity contribution in [3.05, 3.63) is 48.7 Å². The van der Waals surface area contributed by atoms with Crippen molar-refractivity contribution >= 4 is 11.5 Å². The van der Waals surface area contributed by atoms with Crippen LogP contribution in [0.25, 0.3) is 0 Å². The molecule has 0 aliphatic rings. The SMILES string of the molecule is CCN(CCOc1ccc(N)cc1)c1ccccn1. The number of nitrogen functional groups attached to an aromatic ring is 1. The fourth-order valence-electron chi connectivity index (χ4n) is 1.81. The van der Waals surface area contributed by atoms with E-state index in [2.05, 4.69) is 16.8 Å². The number of ether oxygens (including phenoxy) is 1. The molecule has 0 atom stereocenters. The van der Waals surface area contributed by atoms with Crippen molar-refractivity contribution in [2.24, 2.45) is 0 Å². The fourth-order valence-corrected chi connectivity index (χ4v) is 1.81. The van der Waals surface area contributed by atoms with Crippen molar-refractivity contribution in [2.75, 3.05) is 30.3 Å². The lowest BCUT2D eigenvalue weighted by Gasteiger charge is -2.21. The Morgan fingerprint density at radius 3 is 2.58 bits per heavy atom. The smallest absolute Gasteiger partial charge is 0.128 e. The van der Waals surface area contributed by atoms with E-state index in [1.807, 2.05) is 42.5 Å². The lowest BCUT2D eigenvalue weighted by Crippen LogP contribution is -2.28. The maximum atomic E-state index is 5.69. The Bertz CT molecular complexity index is 485. The standard InChI is InChI=1S/C15H19N3O/c1-2-18(15-5-3-4-10-17-15)11-12-19-14-8-6-13(16)7-9-14/h3-10H,2,11-12,16H2,1H3. The van der Waals surface area contributed by atoms with Gasteiger partial charge in [-0.25, -0.2) is 4.98 Å². The van der Waals surface area contributed by atoms with Gasteiger partial charge in [-0.05, 0) is 43.3 Å². The Morgan fingerprint density at radius 1 is 1.16 bits per heavy atom. The molecule has 0 saturated heterocycles. The second kappa shape index (κ2) is 6.64. The monoisotopic (exact) mass is 257 g/mol. The molecule has 2 rings (SSSR count). The summed E-state index contributed by atoms with van der Waals surface area (Å²) in [6, 6.07) is 13.4. The van der Waals surface area contributed by atoms with Gasteiger partial charge in [-0.1, -0.05) is 6.07 Å². The van der Waals surface area contributed by atoms with Crippen LogP contribution in [0.1, 0.15) is 6.92 Å². The van der Waals surface area contributed by atoms with Gasteiger partial charge in [0.05, 0.1) is 6.54 Å². The molecular weight excluding hydrogens is 238 g/mol. The summed E-state index contributed by atoms with van der Waals surface area (Å²) in [5.74, 6) is 1.82. The predicted octanol–water partition coefficient (Wildman–Crippen LogP) is 2.57. The first-order valence-electron chi connectivity index (χ1n) is 6.44. The third-order valence-corrected chi connectivity index (χ3v) is 2.87. The maximum absolute atomic E-state index is 5.69. The highest BCUT2D eigenvalue weighted by Crippen LogP contribution is 2.13. The third-order valence-electron chi connectivity index (χ3n) is 2.87. The number of pyridine rings is 1. The van der Waals surface area contributed by atoms with Gasteiger partial charge < -0.3 is 15.4 Å². The van der Waals surface area contributed by atoms with E-state index in [4.69, 9.17) is 10.5 Å². The Labute approximate surface area is 113 Å². The van der Waals surface area contributed by atoms with Crippen LogP contribution in [0.2, 0.25) is 0 Å². The zero-order chi connectivity index (χ0) is 13.5. The zero-order valence-corrected chi connectivity index (χ0v) is 11.1. The third kappa shape index (κ3) is 3.88. The Morgan fingerprint density at radius 2 is 1.95 bits per heavy atom. The largest absolute Gasteiger partial charge is 0.492 e. The normalized spacial score (nSPS) is 10.2. The van der Waals surface area contributed by atoms with Gasteiger partial charge in [-0.3, -0.25) is 0 Å². The molecule has 0 radical (unpaired) electrons. The Balaban J connectivity index is 1.85. The van der Waals surface area contributed by atoms with Crippen LogP contribution in [-0.4, -0.2) is 24.7 Å². The summed E-state index contributed by atoms with van der Waals surface area (Å²) in [5.41, 5.74) is 6.38. The molecule has 0 saturated carbocycles. The van der Waals surface area contributed by atoms with Crippen LogP contribution in [-0.2, 0) is 0 Å². The van der Waals surface area contributed by atoms with Gasteiger partial charge in [0.15, 0.2) is 0 Å². The first kappa shape index (κ1) is 13.2. The van der Waals surface area contributed by atoms with Crippen molar-refractivity contribution < 1.29 is 4.74 Å². The van der Waals surface area contributed by atoms with E-state index in [9.17, 15) is 0 Å². The Hall–Kier alpha value is -2.23. The minimum Gasteiger partial charge on any atom is -0.492 e. The Kier molecular flexibility index (Phi) is 4.61. The molecule has 1 aromatic heterocycles. The van der Waals surface area contributed by atoms with Crippen molar-refractivity contribution in [3.8, 4) is 5.75 Å². The number of aromatic nitrogens is 1. The summed E-state index contributed by atoms with van der Waals surface area (Å²) in [6.07, 6.45) is 1.80. The van der Waals surface area contributed by atoms with E-state index in [0.29, 0.717) is 6.61 Å². The number of anilines is 2. The van der Waals surface area contributed by atoms with Crippen LogP contribution in [0.4, 0.5) is 11.5 Å². The van der Waals surface area contributed by atoms with Crippen molar-refractivity contribution in [1.29, 1.82) is 0 Å². The predicted molar refractivity (Wildman–Crippen MR) is 78.5 cm³/mol. The van der Waals surface area contributed by atoms with Crippen LogP contribution in [0.3, 0.4) is 0 Å². The van der Waals surface area contributed by atoms with E-state index >= 15 is 0 Å². The van der Waals surface area contributed by atoms with E-state index in [1.165, 1.54) is 0 Å². The molecule has 0 amide bonds. The number of benzene rings is 1. The molecule has 0 fully saturated rings. The van der Waals surface area contributed by atoms with Crippen LogP contribution >= 0.6 is 0 Å². The van der Waals surface area contributed by atoms with Crippen molar-refractivity contribution in [1.82, 2.24) is 4.98 Å². The van der Waals surface area contributed by atoms with Crippen LogP contribution < -0.4 is 15.4 Å². The van der Waals surface area contributed by atoms with E-state index in [-0.39, 0.29) is 0 Å². The molecule has 0 unspecified atom stereocenters. The average molecular weight is 257 g/mol. The van der Waals surface area contributed by atoms with Gasteiger partial charge in [-0.2, -0.15) is 0 Å². The number of rotatable bonds is 6. The van der Waals surface area contributed by atoms with Gasteiger partial charge in [-0.15, -0.1) is 0 Å². The van der Waals surface area contributed by atoms with Gasteiger partial charge in [0.1, 0.15) is 18.2 Å². The minimum atomic E-state index is 0.619.